The highest BCUT2D eigenvalue weighted by molar-refractivity contribution is 5.96. The zero-order valence-corrected chi connectivity index (χ0v) is 10.6. The number of benzene rings is 1. The summed E-state index contributed by atoms with van der Waals surface area (Å²) in [7, 11) is 0. The van der Waals surface area contributed by atoms with Crippen LogP contribution in [0.2, 0.25) is 0 Å². The maximum atomic E-state index is 13.3. The topological polar surface area (TPSA) is 57.8 Å². The largest absolute Gasteiger partial charge is 0.348 e. The maximum absolute atomic E-state index is 13.3. The number of hydrogen-bond donors (Lipinski definition) is 1. The number of aromatic nitrogens is 1. The molecule has 0 atom stereocenters. The summed E-state index contributed by atoms with van der Waals surface area (Å²) in [5.74, 6) is -0.679. The normalized spacial score (nSPS) is 13.8. The van der Waals surface area contributed by atoms with Crippen molar-refractivity contribution >= 4 is 5.91 Å². The second-order valence-corrected chi connectivity index (χ2v) is 4.79. The first-order valence-corrected chi connectivity index (χ1v) is 6.37. The molecule has 1 saturated carbocycles. The molecule has 0 aliphatic heterocycles. The molecule has 100 valence electrons. The van der Waals surface area contributed by atoms with Gasteiger partial charge in [0.2, 0.25) is 0 Å². The quantitative estimate of drug-likeness (QED) is 0.930. The first kappa shape index (κ1) is 12.4. The summed E-state index contributed by atoms with van der Waals surface area (Å²) < 4.78 is 14.9. The minimum atomic E-state index is -0.386. The van der Waals surface area contributed by atoms with E-state index in [-0.39, 0.29) is 29.0 Å². The van der Waals surface area contributed by atoms with E-state index in [1.807, 2.05) is 6.07 Å². The minimum absolute atomic E-state index is 0.199. The monoisotopic (exact) mass is 269 g/mol. The second-order valence-electron chi connectivity index (χ2n) is 4.79. The summed E-state index contributed by atoms with van der Waals surface area (Å²) in [5.41, 5.74) is 1.06. The van der Waals surface area contributed by atoms with Crippen molar-refractivity contribution in [1.82, 2.24) is 9.88 Å². The van der Waals surface area contributed by atoms with Crippen molar-refractivity contribution in [3.05, 3.63) is 53.6 Å². The van der Waals surface area contributed by atoms with E-state index in [9.17, 15) is 9.18 Å². The molecule has 20 heavy (non-hydrogen) atoms. The minimum Gasteiger partial charge on any atom is -0.348 e. The molecule has 1 heterocycles. The molecular weight excluding hydrogens is 257 g/mol. The van der Waals surface area contributed by atoms with Gasteiger partial charge < -0.3 is 9.88 Å². The first-order valence-electron chi connectivity index (χ1n) is 6.37. The second kappa shape index (κ2) is 4.82. The zero-order chi connectivity index (χ0) is 14.1. The molecule has 1 N–H and O–H groups in total. The maximum Gasteiger partial charge on any atom is 0.269 e. The molecule has 1 aromatic carbocycles. The van der Waals surface area contributed by atoms with Gasteiger partial charge in [-0.3, -0.25) is 4.79 Å². The van der Waals surface area contributed by atoms with E-state index in [4.69, 9.17) is 5.26 Å². The number of hydrogen-bond acceptors (Lipinski definition) is 2. The van der Waals surface area contributed by atoms with E-state index in [1.54, 1.807) is 29.0 Å². The summed E-state index contributed by atoms with van der Waals surface area (Å²) in [5, 5.41) is 12.0. The Morgan fingerprint density at radius 2 is 2.20 bits per heavy atom. The van der Waals surface area contributed by atoms with Gasteiger partial charge in [-0.25, -0.2) is 4.39 Å². The molecular formula is C15H12FN3O. The Bertz CT molecular complexity index is 710. The van der Waals surface area contributed by atoms with Crippen LogP contribution < -0.4 is 5.32 Å². The predicted molar refractivity (Wildman–Crippen MR) is 70.9 cm³/mol. The number of carbonyl (C=O) groups excluding carboxylic acids is 1. The Kier molecular flexibility index (Phi) is 2.99. The summed E-state index contributed by atoms with van der Waals surface area (Å²) in [6.07, 6.45) is 3.54. The number of halogens is 1. The van der Waals surface area contributed by atoms with Crippen molar-refractivity contribution in [1.29, 1.82) is 5.26 Å². The van der Waals surface area contributed by atoms with Crippen LogP contribution in [-0.2, 0) is 0 Å². The highest BCUT2D eigenvalue weighted by Crippen LogP contribution is 2.22. The van der Waals surface area contributed by atoms with Gasteiger partial charge >= 0.3 is 0 Å². The van der Waals surface area contributed by atoms with Crippen LogP contribution in [0.3, 0.4) is 0 Å². The number of amides is 1. The molecule has 1 aliphatic rings. The lowest BCUT2D eigenvalue weighted by molar-refractivity contribution is 0.0944. The Morgan fingerprint density at radius 3 is 2.85 bits per heavy atom. The Balaban J connectivity index is 2.04. The summed E-state index contributed by atoms with van der Waals surface area (Å²) in [6, 6.07) is 9.69. The number of nitrogens with one attached hydrogen (secondary N) is 1. The van der Waals surface area contributed by atoms with Crippen LogP contribution in [0.4, 0.5) is 4.39 Å². The lowest BCUT2D eigenvalue weighted by atomic mass is 10.2. The van der Waals surface area contributed by atoms with Gasteiger partial charge in [0.1, 0.15) is 17.6 Å². The molecule has 5 heteroatoms. The molecule has 1 fully saturated rings. The Labute approximate surface area is 115 Å². The molecule has 0 unspecified atom stereocenters. The van der Waals surface area contributed by atoms with Crippen molar-refractivity contribution in [3.8, 4) is 11.8 Å². The highest BCUT2D eigenvalue weighted by Gasteiger charge is 2.27. The summed E-state index contributed by atoms with van der Waals surface area (Å²) >= 11 is 0. The van der Waals surface area contributed by atoms with Crippen molar-refractivity contribution in [2.75, 3.05) is 0 Å². The number of nitriles is 1. The fourth-order valence-electron chi connectivity index (χ4n) is 2.08. The summed E-state index contributed by atoms with van der Waals surface area (Å²) in [6.45, 7) is 0. The molecule has 0 bridgehead atoms. The van der Waals surface area contributed by atoms with Crippen molar-refractivity contribution in [3.63, 3.8) is 0 Å². The number of nitrogens with zero attached hydrogens (tertiary/aromatic N) is 2. The molecule has 1 aromatic heterocycles. The van der Waals surface area contributed by atoms with Crippen molar-refractivity contribution < 1.29 is 9.18 Å². The van der Waals surface area contributed by atoms with Crippen molar-refractivity contribution in [2.24, 2.45) is 0 Å². The van der Waals surface area contributed by atoms with Crippen LogP contribution in [-0.4, -0.2) is 16.5 Å². The SMILES string of the molecule is N#Cc1ccn(-c2cccc(F)c2)c1C(=O)NC1CC1. The van der Waals surface area contributed by atoms with Crippen LogP contribution in [0.5, 0.6) is 0 Å². The van der Waals surface area contributed by atoms with E-state index in [0.29, 0.717) is 5.69 Å². The predicted octanol–water partition coefficient (Wildman–Crippen LogP) is 2.38. The molecule has 0 radical (unpaired) electrons. The van der Waals surface area contributed by atoms with E-state index in [1.165, 1.54) is 12.1 Å². The van der Waals surface area contributed by atoms with Crippen LogP contribution in [0.25, 0.3) is 5.69 Å². The lowest BCUT2D eigenvalue weighted by Gasteiger charge is -2.10. The zero-order valence-electron chi connectivity index (χ0n) is 10.6. The third-order valence-electron chi connectivity index (χ3n) is 3.22. The number of rotatable bonds is 3. The molecule has 2 aromatic rings. The van der Waals surface area contributed by atoms with Crippen LogP contribution in [0.15, 0.2) is 36.5 Å². The molecule has 4 nitrogen and oxygen atoms in total. The first-order chi connectivity index (χ1) is 9.69. The fourth-order valence-corrected chi connectivity index (χ4v) is 2.08. The third-order valence-corrected chi connectivity index (χ3v) is 3.22. The molecule has 1 aliphatic carbocycles. The van der Waals surface area contributed by atoms with Crippen LogP contribution in [0, 0.1) is 17.1 Å². The molecule has 0 spiro atoms. The Morgan fingerprint density at radius 1 is 1.40 bits per heavy atom. The lowest BCUT2D eigenvalue weighted by Crippen LogP contribution is -2.28. The van der Waals surface area contributed by atoms with E-state index in [0.717, 1.165) is 12.8 Å². The average molecular weight is 269 g/mol. The highest BCUT2D eigenvalue weighted by atomic mass is 19.1. The van der Waals surface area contributed by atoms with E-state index in [2.05, 4.69) is 5.32 Å². The van der Waals surface area contributed by atoms with Gasteiger partial charge in [0, 0.05) is 17.9 Å². The van der Waals surface area contributed by atoms with Gasteiger partial charge in [0.15, 0.2) is 0 Å². The number of carbonyl (C=O) groups is 1. The van der Waals surface area contributed by atoms with E-state index >= 15 is 0 Å². The van der Waals surface area contributed by atoms with Gasteiger partial charge in [-0.05, 0) is 37.1 Å². The third kappa shape index (κ3) is 2.28. The van der Waals surface area contributed by atoms with Gasteiger partial charge in [-0.15, -0.1) is 0 Å². The van der Waals surface area contributed by atoms with Crippen LogP contribution in [0.1, 0.15) is 28.9 Å². The van der Waals surface area contributed by atoms with Gasteiger partial charge in [-0.1, -0.05) is 6.07 Å². The summed E-state index contributed by atoms with van der Waals surface area (Å²) in [4.78, 5) is 12.2. The average Bonchev–Trinajstić information content (AvgIpc) is 3.14. The van der Waals surface area contributed by atoms with E-state index < -0.39 is 0 Å². The van der Waals surface area contributed by atoms with Gasteiger partial charge in [0.05, 0.1) is 5.56 Å². The smallest absolute Gasteiger partial charge is 0.269 e. The molecule has 3 rings (SSSR count). The fraction of sp³-hybridized carbons (Fsp3) is 0.200. The van der Waals surface area contributed by atoms with Crippen molar-refractivity contribution in [2.45, 2.75) is 18.9 Å². The molecule has 1 amide bonds. The van der Waals surface area contributed by atoms with Gasteiger partial charge in [0.25, 0.3) is 5.91 Å². The Hall–Kier alpha value is -2.61. The molecule has 0 saturated heterocycles. The van der Waals surface area contributed by atoms with Gasteiger partial charge in [-0.2, -0.15) is 5.26 Å². The van der Waals surface area contributed by atoms with Crippen LogP contribution >= 0.6 is 0 Å². The standard InChI is InChI=1S/C15H12FN3O/c16-11-2-1-3-13(8-11)19-7-6-10(9-17)14(19)15(20)18-12-4-5-12/h1-3,6-8,12H,4-5H2,(H,18,20).